The van der Waals surface area contributed by atoms with Gasteiger partial charge in [-0.1, -0.05) is 78.4 Å². The summed E-state index contributed by atoms with van der Waals surface area (Å²) in [6, 6.07) is 28.4. The number of benzene rings is 3. The van der Waals surface area contributed by atoms with Gasteiger partial charge in [0.25, 0.3) is 0 Å². The van der Waals surface area contributed by atoms with Crippen LogP contribution in [0.5, 0.6) is 0 Å². The molecule has 3 aromatic rings. The van der Waals surface area contributed by atoms with Crippen molar-refractivity contribution >= 4 is 11.6 Å². The predicted octanol–water partition coefficient (Wildman–Crippen LogP) is 4.56. The summed E-state index contributed by atoms with van der Waals surface area (Å²) < 4.78 is 0. The fourth-order valence-corrected chi connectivity index (χ4v) is 3.44. The standard InChI is InChI=1S/C23H22N2O/c1-17-12-14-19(15-13-17)21-22(23(26)24-20-10-6-3-7-11-20)25(21)16-18-8-4-2-5-9-18/h2-15,21-22H,16H2,1H3,(H,24,26)/t21-,22+,25?/m0/s1. The summed E-state index contributed by atoms with van der Waals surface area (Å²) in [7, 11) is 0. The van der Waals surface area contributed by atoms with E-state index in [0.29, 0.717) is 0 Å². The van der Waals surface area contributed by atoms with E-state index in [2.05, 4.69) is 53.5 Å². The number of carbonyl (C=O) groups is 1. The van der Waals surface area contributed by atoms with E-state index < -0.39 is 0 Å². The Morgan fingerprint density at radius 2 is 1.50 bits per heavy atom. The molecule has 3 heteroatoms. The summed E-state index contributed by atoms with van der Waals surface area (Å²) in [5.41, 5.74) is 4.49. The molecule has 1 aliphatic heterocycles. The fourth-order valence-electron chi connectivity index (χ4n) is 3.44. The first-order chi connectivity index (χ1) is 12.7. The highest BCUT2D eigenvalue weighted by atomic mass is 16.2. The minimum atomic E-state index is -0.141. The first-order valence-corrected chi connectivity index (χ1v) is 8.94. The zero-order valence-electron chi connectivity index (χ0n) is 14.8. The molecule has 1 amide bonds. The number of hydrogen-bond acceptors (Lipinski definition) is 2. The summed E-state index contributed by atoms with van der Waals surface area (Å²) in [6.07, 6.45) is 0. The third-order valence-corrected chi connectivity index (χ3v) is 4.86. The summed E-state index contributed by atoms with van der Waals surface area (Å²) in [4.78, 5) is 15.1. The van der Waals surface area contributed by atoms with E-state index in [9.17, 15) is 4.79 Å². The quantitative estimate of drug-likeness (QED) is 0.689. The van der Waals surface area contributed by atoms with Crippen molar-refractivity contribution in [3.05, 3.63) is 102 Å². The maximum atomic E-state index is 12.9. The van der Waals surface area contributed by atoms with Crippen LogP contribution >= 0.6 is 0 Å². The van der Waals surface area contributed by atoms with Crippen LogP contribution < -0.4 is 5.32 Å². The third kappa shape index (κ3) is 3.53. The fraction of sp³-hybridized carbons (Fsp3) is 0.174. The van der Waals surface area contributed by atoms with Gasteiger partial charge in [0.05, 0.1) is 6.04 Å². The molecule has 1 fully saturated rings. The molecule has 1 aliphatic rings. The maximum Gasteiger partial charge on any atom is 0.243 e. The zero-order chi connectivity index (χ0) is 17.9. The molecule has 130 valence electrons. The Hall–Kier alpha value is -2.91. The van der Waals surface area contributed by atoms with Crippen molar-refractivity contribution < 1.29 is 4.79 Å². The molecule has 1 N–H and O–H groups in total. The lowest BCUT2D eigenvalue weighted by atomic mass is 10.1. The highest BCUT2D eigenvalue weighted by molar-refractivity contribution is 5.97. The number of aryl methyl sites for hydroxylation is 1. The van der Waals surface area contributed by atoms with Gasteiger partial charge < -0.3 is 5.32 Å². The van der Waals surface area contributed by atoms with E-state index in [1.54, 1.807) is 0 Å². The summed E-state index contributed by atoms with van der Waals surface area (Å²) in [6.45, 7) is 2.85. The van der Waals surface area contributed by atoms with E-state index in [1.807, 2.05) is 48.5 Å². The Balaban J connectivity index is 1.55. The number of nitrogens with one attached hydrogen (secondary N) is 1. The van der Waals surface area contributed by atoms with Crippen LogP contribution in [0.25, 0.3) is 0 Å². The molecule has 1 heterocycles. The number of nitrogens with zero attached hydrogens (tertiary/aromatic N) is 1. The molecule has 0 aromatic heterocycles. The number of amides is 1. The second-order valence-corrected chi connectivity index (χ2v) is 6.81. The maximum absolute atomic E-state index is 12.9. The second kappa shape index (κ2) is 7.14. The molecular formula is C23H22N2O. The van der Waals surface area contributed by atoms with Crippen molar-refractivity contribution in [1.29, 1.82) is 0 Å². The zero-order valence-corrected chi connectivity index (χ0v) is 14.8. The lowest BCUT2D eigenvalue weighted by molar-refractivity contribution is -0.116. The smallest absolute Gasteiger partial charge is 0.243 e. The molecular weight excluding hydrogens is 320 g/mol. The molecule has 3 aromatic carbocycles. The highest BCUT2D eigenvalue weighted by Gasteiger charge is 2.52. The summed E-state index contributed by atoms with van der Waals surface area (Å²) in [5, 5.41) is 3.05. The number of carbonyl (C=O) groups excluding carboxylic acids is 1. The van der Waals surface area contributed by atoms with Gasteiger partial charge in [0.2, 0.25) is 5.91 Å². The van der Waals surface area contributed by atoms with Crippen molar-refractivity contribution in [3.8, 4) is 0 Å². The molecule has 4 rings (SSSR count). The Labute approximate surface area is 154 Å². The van der Waals surface area contributed by atoms with Crippen LogP contribution in [-0.2, 0) is 11.3 Å². The third-order valence-electron chi connectivity index (χ3n) is 4.86. The van der Waals surface area contributed by atoms with Gasteiger partial charge in [-0.15, -0.1) is 0 Å². The van der Waals surface area contributed by atoms with Gasteiger partial charge in [-0.3, -0.25) is 9.69 Å². The van der Waals surface area contributed by atoms with Crippen LogP contribution in [0, 0.1) is 6.92 Å². The SMILES string of the molecule is Cc1ccc([C@H]2[C@H](C(=O)Nc3ccccc3)N2Cc2ccccc2)cc1. The number of hydrogen-bond donors (Lipinski definition) is 1. The van der Waals surface area contributed by atoms with Crippen LogP contribution in [0.15, 0.2) is 84.9 Å². The summed E-state index contributed by atoms with van der Waals surface area (Å²) >= 11 is 0. The highest BCUT2D eigenvalue weighted by Crippen LogP contribution is 2.45. The monoisotopic (exact) mass is 342 g/mol. The lowest BCUT2D eigenvalue weighted by Crippen LogP contribution is -2.21. The lowest BCUT2D eigenvalue weighted by Gasteiger charge is -2.06. The van der Waals surface area contributed by atoms with Gasteiger partial charge in [-0.25, -0.2) is 0 Å². The Kier molecular flexibility index (Phi) is 4.55. The van der Waals surface area contributed by atoms with Gasteiger partial charge in [0, 0.05) is 12.2 Å². The average molecular weight is 342 g/mol. The molecule has 0 aliphatic carbocycles. The minimum Gasteiger partial charge on any atom is -0.325 e. The van der Waals surface area contributed by atoms with Gasteiger partial charge in [-0.2, -0.15) is 0 Å². The van der Waals surface area contributed by atoms with Crippen LogP contribution in [0.4, 0.5) is 5.69 Å². The van der Waals surface area contributed by atoms with Gasteiger partial charge in [0.1, 0.15) is 6.04 Å². The van der Waals surface area contributed by atoms with Gasteiger partial charge in [-0.05, 0) is 30.2 Å². The Bertz CT molecular complexity index is 875. The molecule has 1 unspecified atom stereocenters. The molecule has 1 saturated heterocycles. The molecule has 3 nitrogen and oxygen atoms in total. The van der Waals surface area contributed by atoms with Crippen molar-refractivity contribution in [2.24, 2.45) is 0 Å². The van der Waals surface area contributed by atoms with Crippen LogP contribution in [0.1, 0.15) is 22.7 Å². The average Bonchev–Trinajstić information content (AvgIpc) is 3.38. The number of rotatable bonds is 5. The van der Waals surface area contributed by atoms with Crippen molar-refractivity contribution in [3.63, 3.8) is 0 Å². The molecule has 0 spiro atoms. The van der Waals surface area contributed by atoms with E-state index in [4.69, 9.17) is 0 Å². The Morgan fingerprint density at radius 1 is 0.885 bits per heavy atom. The topological polar surface area (TPSA) is 32.1 Å². The van der Waals surface area contributed by atoms with Crippen molar-refractivity contribution in [2.45, 2.75) is 25.6 Å². The number of para-hydroxylation sites is 1. The normalized spacial score (nSPS) is 21.2. The molecule has 26 heavy (non-hydrogen) atoms. The molecule has 0 saturated carbocycles. The van der Waals surface area contributed by atoms with Gasteiger partial charge in [0.15, 0.2) is 0 Å². The Morgan fingerprint density at radius 3 is 2.15 bits per heavy atom. The predicted molar refractivity (Wildman–Crippen MR) is 105 cm³/mol. The first kappa shape index (κ1) is 16.6. The minimum absolute atomic E-state index is 0.0534. The first-order valence-electron chi connectivity index (χ1n) is 8.94. The van der Waals surface area contributed by atoms with E-state index >= 15 is 0 Å². The molecule has 3 atom stereocenters. The largest absolute Gasteiger partial charge is 0.325 e. The second-order valence-electron chi connectivity index (χ2n) is 6.81. The summed E-state index contributed by atoms with van der Waals surface area (Å²) in [5.74, 6) is 0.0534. The van der Waals surface area contributed by atoms with E-state index in [-0.39, 0.29) is 18.0 Å². The molecule has 0 bridgehead atoms. The van der Waals surface area contributed by atoms with Crippen molar-refractivity contribution in [1.82, 2.24) is 4.90 Å². The van der Waals surface area contributed by atoms with E-state index in [0.717, 1.165) is 12.2 Å². The van der Waals surface area contributed by atoms with Crippen LogP contribution in [0.3, 0.4) is 0 Å². The van der Waals surface area contributed by atoms with Crippen LogP contribution in [-0.4, -0.2) is 16.8 Å². The van der Waals surface area contributed by atoms with Gasteiger partial charge >= 0.3 is 0 Å². The number of anilines is 1. The van der Waals surface area contributed by atoms with Crippen molar-refractivity contribution in [2.75, 3.05) is 5.32 Å². The van der Waals surface area contributed by atoms with Crippen LogP contribution in [0.2, 0.25) is 0 Å². The van der Waals surface area contributed by atoms with E-state index in [1.165, 1.54) is 16.7 Å². The molecule has 0 radical (unpaired) electrons.